The van der Waals surface area contributed by atoms with E-state index in [1.54, 1.807) is 23.5 Å². The van der Waals surface area contributed by atoms with Crippen molar-refractivity contribution in [2.45, 2.75) is 6.92 Å². The first-order valence-corrected chi connectivity index (χ1v) is 8.61. The number of aryl methyl sites for hydroxylation is 1. The Balaban J connectivity index is 1.78. The fourth-order valence-electron chi connectivity index (χ4n) is 2.56. The molecule has 3 rings (SSSR count). The predicted octanol–water partition coefficient (Wildman–Crippen LogP) is 4.27. The van der Waals surface area contributed by atoms with Gasteiger partial charge in [0.1, 0.15) is 0 Å². The summed E-state index contributed by atoms with van der Waals surface area (Å²) >= 11 is 1.58. The van der Waals surface area contributed by atoms with Crippen molar-refractivity contribution in [1.82, 2.24) is 4.98 Å². The van der Waals surface area contributed by atoms with Gasteiger partial charge in [-0.1, -0.05) is 0 Å². The Hall–Kier alpha value is -3.00. The molecule has 1 aromatic heterocycles. The molecule has 0 aliphatic rings. The van der Waals surface area contributed by atoms with Crippen molar-refractivity contribution in [2.75, 3.05) is 32.0 Å². The number of fused-ring (bicyclic) bond motifs is 1. The Bertz CT molecular complexity index is 930. The third-order valence-electron chi connectivity index (χ3n) is 3.68. The van der Waals surface area contributed by atoms with Crippen LogP contribution in [0.3, 0.4) is 0 Å². The lowest BCUT2D eigenvalue weighted by Crippen LogP contribution is -2.19. The maximum absolute atomic E-state index is 12.3. The van der Waals surface area contributed by atoms with Crippen molar-refractivity contribution < 1.29 is 19.0 Å². The minimum Gasteiger partial charge on any atom is -0.493 e. The highest BCUT2D eigenvalue weighted by Gasteiger charge is 2.14. The highest BCUT2D eigenvalue weighted by Crippen LogP contribution is 2.40. The smallest absolute Gasteiger partial charge is 0.323 e. The number of hydrogen-bond acceptors (Lipinski definition) is 6. The molecule has 8 heteroatoms. The van der Waals surface area contributed by atoms with E-state index in [2.05, 4.69) is 15.6 Å². The zero-order valence-corrected chi connectivity index (χ0v) is 15.7. The molecular formula is C18H19N3O4S. The van der Waals surface area contributed by atoms with Gasteiger partial charge < -0.3 is 24.8 Å². The first-order chi connectivity index (χ1) is 12.5. The standard InChI is InChI=1S/C18H19N3O4S/c1-10-19-13-6-5-11(9-16(13)26-10)20-18(22)21-12-7-14(23-2)17(25-4)15(8-12)24-3/h5-9H,1-4H3,(H2,20,21,22). The molecule has 136 valence electrons. The number of carbonyl (C=O) groups excluding carboxylic acids is 1. The number of methoxy groups -OCH3 is 3. The first-order valence-electron chi connectivity index (χ1n) is 7.79. The Labute approximate surface area is 154 Å². The average molecular weight is 373 g/mol. The largest absolute Gasteiger partial charge is 0.493 e. The summed E-state index contributed by atoms with van der Waals surface area (Å²) in [6.45, 7) is 1.95. The number of hydrogen-bond donors (Lipinski definition) is 2. The first kappa shape index (κ1) is 17.8. The number of ether oxygens (including phenoxy) is 3. The minimum atomic E-state index is -0.375. The second-order valence-corrected chi connectivity index (χ2v) is 6.64. The molecule has 0 bridgehead atoms. The van der Waals surface area contributed by atoms with Gasteiger partial charge in [0.15, 0.2) is 11.5 Å². The van der Waals surface area contributed by atoms with Crippen LogP contribution in [0, 0.1) is 6.92 Å². The molecule has 0 saturated carbocycles. The van der Waals surface area contributed by atoms with E-state index >= 15 is 0 Å². The molecule has 0 aliphatic carbocycles. The maximum atomic E-state index is 12.3. The van der Waals surface area contributed by atoms with E-state index in [9.17, 15) is 4.79 Å². The summed E-state index contributed by atoms with van der Waals surface area (Å²) in [5.74, 6) is 1.39. The number of amides is 2. The van der Waals surface area contributed by atoms with Crippen molar-refractivity contribution >= 4 is 39.0 Å². The van der Waals surface area contributed by atoms with Crippen molar-refractivity contribution in [3.8, 4) is 17.2 Å². The summed E-state index contributed by atoms with van der Waals surface area (Å²) in [5.41, 5.74) is 2.13. The molecule has 0 spiro atoms. The topological polar surface area (TPSA) is 81.7 Å². The minimum absolute atomic E-state index is 0.375. The zero-order chi connectivity index (χ0) is 18.7. The SMILES string of the molecule is COc1cc(NC(=O)Nc2ccc3nc(C)sc3c2)cc(OC)c1OC. The predicted molar refractivity (Wildman–Crippen MR) is 103 cm³/mol. The lowest BCUT2D eigenvalue weighted by atomic mass is 10.2. The number of benzene rings is 2. The van der Waals surface area contributed by atoms with Gasteiger partial charge >= 0.3 is 6.03 Å². The van der Waals surface area contributed by atoms with Crippen molar-refractivity contribution in [3.63, 3.8) is 0 Å². The molecule has 0 radical (unpaired) electrons. The van der Waals surface area contributed by atoms with Crippen molar-refractivity contribution in [2.24, 2.45) is 0 Å². The fraction of sp³-hybridized carbons (Fsp3) is 0.222. The molecule has 26 heavy (non-hydrogen) atoms. The molecule has 0 saturated heterocycles. The number of rotatable bonds is 5. The molecule has 0 unspecified atom stereocenters. The molecule has 1 heterocycles. The van der Waals surface area contributed by atoms with Gasteiger partial charge in [0, 0.05) is 17.8 Å². The lowest BCUT2D eigenvalue weighted by molar-refractivity contribution is 0.262. The van der Waals surface area contributed by atoms with E-state index in [1.165, 1.54) is 21.3 Å². The van der Waals surface area contributed by atoms with Gasteiger partial charge in [-0.25, -0.2) is 9.78 Å². The quantitative estimate of drug-likeness (QED) is 0.698. The van der Waals surface area contributed by atoms with E-state index in [-0.39, 0.29) is 6.03 Å². The molecule has 0 fully saturated rings. The summed E-state index contributed by atoms with van der Waals surface area (Å²) < 4.78 is 16.9. The van der Waals surface area contributed by atoms with E-state index < -0.39 is 0 Å². The molecule has 7 nitrogen and oxygen atoms in total. The maximum Gasteiger partial charge on any atom is 0.323 e. The van der Waals surface area contributed by atoms with Crippen LogP contribution in [-0.2, 0) is 0 Å². The summed E-state index contributed by atoms with van der Waals surface area (Å²) in [5, 5.41) is 6.56. The summed E-state index contributed by atoms with van der Waals surface area (Å²) in [4.78, 5) is 16.7. The molecule has 3 aromatic rings. The number of anilines is 2. The van der Waals surface area contributed by atoms with Crippen LogP contribution in [-0.4, -0.2) is 32.3 Å². The number of nitrogens with one attached hydrogen (secondary N) is 2. The van der Waals surface area contributed by atoms with Crippen LogP contribution in [0.1, 0.15) is 5.01 Å². The number of urea groups is 1. The van der Waals surface area contributed by atoms with E-state index in [0.717, 1.165) is 15.2 Å². The Morgan fingerprint density at radius 3 is 2.23 bits per heavy atom. The van der Waals surface area contributed by atoms with Gasteiger partial charge in [-0.15, -0.1) is 11.3 Å². The van der Waals surface area contributed by atoms with Gasteiger partial charge in [0.05, 0.1) is 42.2 Å². The number of thiazole rings is 1. The Kier molecular flexibility index (Phi) is 5.13. The average Bonchev–Trinajstić information content (AvgIpc) is 2.99. The molecule has 0 aliphatic heterocycles. The van der Waals surface area contributed by atoms with Crippen LogP contribution in [0.15, 0.2) is 30.3 Å². The van der Waals surface area contributed by atoms with Gasteiger partial charge in [-0.3, -0.25) is 0 Å². The number of nitrogens with zero attached hydrogens (tertiary/aromatic N) is 1. The number of carbonyl (C=O) groups is 1. The van der Waals surface area contributed by atoms with Gasteiger partial charge in [0.25, 0.3) is 0 Å². The molecule has 2 amide bonds. The molecule has 0 atom stereocenters. The second-order valence-electron chi connectivity index (χ2n) is 5.41. The van der Waals surface area contributed by atoms with E-state index in [4.69, 9.17) is 14.2 Å². The van der Waals surface area contributed by atoms with Crippen LogP contribution in [0.25, 0.3) is 10.2 Å². The fourth-order valence-corrected chi connectivity index (χ4v) is 3.43. The number of aromatic nitrogens is 1. The monoisotopic (exact) mass is 373 g/mol. The Morgan fingerprint density at radius 2 is 1.62 bits per heavy atom. The van der Waals surface area contributed by atoms with Gasteiger partial charge in [0.2, 0.25) is 5.75 Å². The molecule has 2 N–H and O–H groups in total. The Morgan fingerprint density at radius 1 is 0.962 bits per heavy atom. The van der Waals surface area contributed by atoms with Crippen molar-refractivity contribution in [3.05, 3.63) is 35.3 Å². The van der Waals surface area contributed by atoms with Gasteiger partial charge in [-0.05, 0) is 25.1 Å². The van der Waals surface area contributed by atoms with Crippen LogP contribution < -0.4 is 24.8 Å². The zero-order valence-electron chi connectivity index (χ0n) is 14.9. The van der Waals surface area contributed by atoms with Crippen LogP contribution in [0.2, 0.25) is 0 Å². The van der Waals surface area contributed by atoms with Crippen molar-refractivity contribution in [1.29, 1.82) is 0 Å². The van der Waals surface area contributed by atoms with Crippen LogP contribution in [0.4, 0.5) is 16.2 Å². The van der Waals surface area contributed by atoms with E-state index in [1.807, 2.05) is 25.1 Å². The third kappa shape index (κ3) is 3.65. The van der Waals surface area contributed by atoms with Gasteiger partial charge in [-0.2, -0.15) is 0 Å². The highest BCUT2D eigenvalue weighted by atomic mass is 32.1. The highest BCUT2D eigenvalue weighted by molar-refractivity contribution is 7.18. The van der Waals surface area contributed by atoms with E-state index in [0.29, 0.717) is 28.6 Å². The lowest BCUT2D eigenvalue weighted by Gasteiger charge is -2.15. The summed E-state index contributed by atoms with van der Waals surface area (Å²) in [6, 6.07) is 8.55. The molecular weight excluding hydrogens is 354 g/mol. The molecule has 2 aromatic carbocycles. The normalized spacial score (nSPS) is 10.5. The summed E-state index contributed by atoms with van der Waals surface area (Å²) in [7, 11) is 4.57. The second kappa shape index (κ2) is 7.49. The summed E-state index contributed by atoms with van der Waals surface area (Å²) in [6.07, 6.45) is 0. The van der Waals surface area contributed by atoms with Crippen LogP contribution in [0.5, 0.6) is 17.2 Å². The third-order valence-corrected chi connectivity index (χ3v) is 4.61. The van der Waals surface area contributed by atoms with Crippen LogP contribution >= 0.6 is 11.3 Å².